The third-order valence-electron chi connectivity index (χ3n) is 5.82. The Morgan fingerprint density at radius 1 is 1.07 bits per heavy atom. The summed E-state index contributed by atoms with van der Waals surface area (Å²) in [5.41, 5.74) is -0.748. The van der Waals surface area contributed by atoms with E-state index in [9.17, 15) is 31.9 Å². The number of hydrogen-bond donors (Lipinski definition) is 1. The molecule has 0 heterocycles. The second-order valence-electron chi connectivity index (χ2n) is 7.82. The predicted octanol–water partition coefficient (Wildman–Crippen LogP) is 6.70. The zero-order valence-corrected chi connectivity index (χ0v) is 16.4. The fourth-order valence-corrected chi connectivity index (χ4v) is 3.99. The van der Waals surface area contributed by atoms with Gasteiger partial charge in [0.1, 0.15) is 5.75 Å². The van der Waals surface area contributed by atoms with Gasteiger partial charge in [-0.15, -0.1) is 0 Å². The molecule has 1 aliphatic rings. The number of halogens is 5. The van der Waals surface area contributed by atoms with Crippen LogP contribution < -0.4 is 4.74 Å². The van der Waals surface area contributed by atoms with Gasteiger partial charge in [-0.25, -0.2) is 0 Å². The zero-order chi connectivity index (χ0) is 21.7. The van der Waals surface area contributed by atoms with Crippen molar-refractivity contribution in [3.63, 3.8) is 0 Å². The van der Waals surface area contributed by atoms with Crippen molar-refractivity contribution in [3.05, 3.63) is 29.8 Å². The summed E-state index contributed by atoms with van der Waals surface area (Å²) in [7, 11) is 0. The average Bonchev–Trinajstić information content (AvgIpc) is 2.65. The predicted molar refractivity (Wildman–Crippen MR) is 98.1 cm³/mol. The van der Waals surface area contributed by atoms with Gasteiger partial charge in [0.05, 0.1) is 5.41 Å². The topological polar surface area (TPSA) is 46.5 Å². The Hall–Kier alpha value is -1.86. The molecule has 2 rings (SSSR count). The number of unbranched alkanes of at least 4 members (excludes halogenated alkanes) is 3. The van der Waals surface area contributed by atoms with Crippen LogP contribution in [0, 0.1) is 5.92 Å². The third kappa shape index (κ3) is 5.60. The number of hydrogen-bond acceptors (Lipinski definition) is 2. The molecule has 29 heavy (non-hydrogen) atoms. The van der Waals surface area contributed by atoms with Crippen LogP contribution in [0.25, 0.3) is 0 Å². The van der Waals surface area contributed by atoms with Crippen molar-refractivity contribution in [1.82, 2.24) is 0 Å². The number of ether oxygens (including phenoxy) is 1. The number of carboxylic acid groups (broad SMARTS) is 1. The Morgan fingerprint density at radius 3 is 2.14 bits per heavy atom. The van der Waals surface area contributed by atoms with Gasteiger partial charge in [-0.2, -0.15) is 22.0 Å². The fourth-order valence-electron chi connectivity index (χ4n) is 3.99. The van der Waals surface area contributed by atoms with E-state index in [1.165, 1.54) is 25.0 Å². The lowest BCUT2D eigenvalue weighted by Crippen LogP contribution is -2.42. The van der Waals surface area contributed by atoms with Gasteiger partial charge in [0.2, 0.25) is 0 Å². The number of carbonyl (C=O) groups is 1. The summed E-state index contributed by atoms with van der Waals surface area (Å²) in [4.78, 5) is 12.0. The summed E-state index contributed by atoms with van der Waals surface area (Å²) in [6.07, 6.45) is -3.10. The minimum Gasteiger partial charge on any atom is -0.481 e. The number of rotatable bonds is 9. The quantitative estimate of drug-likeness (QED) is 0.356. The molecule has 1 fully saturated rings. The van der Waals surface area contributed by atoms with Crippen molar-refractivity contribution in [2.24, 2.45) is 5.92 Å². The molecule has 8 heteroatoms. The van der Waals surface area contributed by atoms with Gasteiger partial charge >= 0.3 is 18.3 Å². The molecule has 0 amide bonds. The molecule has 1 aromatic carbocycles. The molecule has 0 unspecified atom stereocenters. The van der Waals surface area contributed by atoms with E-state index in [1.807, 2.05) is 0 Å². The van der Waals surface area contributed by atoms with Crippen molar-refractivity contribution in [3.8, 4) is 5.75 Å². The molecular formula is C21H27F5O3. The average molecular weight is 422 g/mol. The van der Waals surface area contributed by atoms with Gasteiger partial charge < -0.3 is 9.84 Å². The maximum Gasteiger partial charge on any atom is 0.499 e. The van der Waals surface area contributed by atoms with E-state index >= 15 is 0 Å². The van der Waals surface area contributed by atoms with Crippen LogP contribution in [0.5, 0.6) is 5.75 Å². The second-order valence-corrected chi connectivity index (χ2v) is 7.82. The maximum atomic E-state index is 13.0. The molecule has 1 aliphatic carbocycles. The fraction of sp³-hybridized carbons (Fsp3) is 0.667. The number of aliphatic carboxylic acids is 1. The summed E-state index contributed by atoms with van der Waals surface area (Å²) in [6.45, 7) is 2.14. The van der Waals surface area contributed by atoms with E-state index in [0.717, 1.165) is 44.2 Å². The summed E-state index contributed by atoms with van der Waals surface area (Å²) < 4.78 is 66.6. The van der Waals surface area contributed by atoms with Crippen molar-refractivity contribution < 1.29 is 36.6 Å². The van der Waals surface area contributed by atoms with E-state index < -0.39 is 29.4 Å². The molecule has 0 saturated heterocycles. The van der Waals surface area contributed by atoms with Crippen LogP contribution in [0.15, 0.2) is 24.3 Å². The van der Waals surface area contributed by atoms with Gasteiger partial charge in [-0.1, -0.05) is 51.2 Å². The van der Waals surface area contributed by atoms with Gasteiger partial charge in [0.15, 0.2) is 0 Å². The molecule has 1 aromatic rings. The van der Waals surface area contributed by atoms with E-state index in [1.54, 1.807) is 0 Å². The highest BCUT2D eigenvalue weighted by Crippen LogP contribution is 2.44. The van der Waals surface area contributed by atoms with E-state index in [2.05, 4.69) is 11.7 Å². The lowest BCUT2D eigenvalue weighted by Gasteiger charge is -2.37. The first-order valence-electron chi connectivity index (χ1n) is 9.99. The molecule has 164 valence electrons. The van der Waals surface area contributed by atoms with Gasteiger partial charge in [0.25, 0.3) is 0 Å². The summed E-state index contributed by atoms with van der Waals surface area (Å²) in [5, 5.41) is 9.84. The Bertz CT molecular complexity index is 662. The van der Waals surface area contributed by atoms with Gasteiger partial charge in [-0.05, 0) is 49.3 Å². The van der Waals surface area contributed by atoms with Crippen LogP contribution in [0.2, 0.25) is 0 Å². The first-order chi connectivity index (χ1) is 13.5. The molecule has 1 saturated carbocycles. The Labute approximate surface area is 167 Å². The molecule has 1 N–H and O–H groups in total. The molecule has 0 bridgehead atoms. The van der Waals surface area contributed by atoms with Crippen LogP contribution >= 0.6 is 0 Å². The summed E-state index contributed by atoms with van der Waals surface area (Å²) in [5.74, 6) is -1.20. The molecular weight excluding hydrogens is 395 g/mol. The normalized spacial score (nSPS) is 23.0. The smallest absolute Gasteiger partial charge is 0.481 e. The summed E-state index contributed by atoms with van der Waals surface area (Å²) >= 11 is 0. The van der Waals surface area contributed by atoms with Crippen LogP contribution in [-0.2, 0) is 10.2 Å². The second kappa shape index (κ2) is 9.30. The molecule has 0 aliphatic heterocycles. The van der Waals surface area contributed by atoms with Crippen molar-refractivity contribution in [1.29, 1.82) is 0 Å². The molecule has 0 atom stereocenters. The van der Waals surface area contributed by atoms with E-state index in [-0.39, 0.29) is 0 Å². The summed E-state index contributed by atoms with van der Waals surface area (Å²) in [6, 6.07) is 4.49. The highest BCUT2D eigenvalue weighted by atomic mass is 19.4. The zero-order valence-electron chi connectivity index (χ0n) is 16.4. The standard InChI is InChI=1S/C21H27F5O3/c1-2-3-4-5-6-15-11-13-19(14-12-15,18(27)28)16-7-9-17(10-8-16)29-21(25,26)20(22,23)24/h7-10,15H,2-6,11-14H2,1H3,(H,27,28). The third-order valence-corrected chi connectivity index (χ3v) is 5.82. The highest BCUT2D eigenvalue weighted by molar-refractivity contribution is 5.81. The minimum absolute atomic E-state index is 0.400. The van der Waals surface area contributed by atoms with E-state index in [4.69, 9.17) is 0 Å². The first kappa shape index (κ1) is 23.4. The molecule has 0 radical (unpaired) electrons. The molecule has 0 spiro atoms. The number of alkyl halides is 5. The monoisotopic (exact) mass is 422 g/mol. The van der Waals surface area contributed by atoms with Crippen molar-refractivity contribution in [2.45, 2.75) is 82.4 Å². The Balaban J connectivity index is 2.06. The Morgan fingerprint density at radius 2 is 1.66 bits per heavy atom. The first-order valence-corrected chi connectivity index (χ1v) is 9.99. The minimum atomic E-state index is -5.83. The van der Waals surface area contributed by atoms with Crippen LogP contribution in [0.4, 0.5) is 22.0 Å². The lowest BCUT2D eigenvalue weighted by atomic mass is 9.66. The Kier molecular flexibility index (Phi) is 7.51. The molecule has 3 nitrogen and oxygen atoms in total. The van der Waals surface area contributed by atoms with E-state index in [0.29, 0.717) is 24.3 Å². The van der Waals surface area contributed by atoms with Crippen LogP contribution in [0.3, 0.4) is 0 Å². The van der Waals surface area contributed by atoms with Gasteiger partial charge in [-0.3, -0.25) is 4.79 Å². The van der Waals surface area contributed by atoms with Crippen molar-refractivity contribution in [2.75, 3.05) is 0 Å². The maximum absolute atomic E-state index is 13.0. The largest absolute Gasteiger partial charge is 0.499 e. The lowest BCUT2D eigenvalue weighted by molar-refractivity contribution is -0.360. The number of carboxylic acids is 1. The van der Waals surface area contributed by atoms with Gasteiger partial charge in [0, 0.05) is 0 Å². The molecule has 0 aromatic heterocycles. The SMILES string of the molecule is CCCCCCC1CCC(C(=O)O)(c2ccc(OC(F)(F)C(F)(F)F)cc2)CC1. The number of benzene rings is 1. The highest BCUT2D eigenvalue weighted by Gasteiger charge is 2.61. The van der Waals surface area contributed by atoms with Crippen LogP contribution in [-0.4, -0.2) is 23.4 Å². The van der Waals surface area contributed by atoms with Crippen molar-refractivity contribution >= 4 is 5.97 Å². The van der Waals surface area contributed by atoms with Crippen LogP contribution in [0.1, 0.15) is 70.3 Å².